The molecule has 0 aliphatic carbocycles. The maximum absolute atomic E-state index is 13.4. The largest absolute Gasteiger partial charge is 0.336 e. The number of rotatable bonds is 1. The second-order valence-electron chi connectivity index (χ2n) is 3.89. The molecule has 17 heavy (non-hydrogen) atoms. The third-order valence-electron chi connectivity index (χ3n) is 2.64. The lowest BCUT2D eigenvalue weighted by Gasteiger charge is -2.15. The van der Waals surface area contributed by atoms with E-state index in [1.807, 2.05) is 0 Å². The summed E-state index contributed by atoms with van der Waals surface area (Å²) in [6.07, 6.45) is -0.844. The molecular weight excluding hydrogens is 299 g/mol. The van der Waals surface area contributed by atoms with Gasteiger partial charge >= 0.3 is 0 Å². The number of hydrogen-bond donors (Lipinski definition) is 0. The zero-order valence-corrected chi connectivity index (χ0v) is 10.3. The Balaban J connectivity index is 2.31. The summed E-state index contributed by atoms with van der Waals surface area (Å²) in [7, 11) is 0. The van der Waals surface area contributed by atoms with E-state index in [0.29, 0.717) is 0 Å². The average molecular weight is 308 g/mol. The van der Waals surface area contributed by atoms with Crippen molar-refractivity contribution in [3.63, 3.8) is 0 Å². The van der Waals surface area contributed by atoms with E-state index in [2.05, 4.69) is 15.9 Å². The van der Waals surface area contributed by atoms with Gasteiger partial charge in [-0.15, -0.1) is 0 Å². The molecule has 1 aliphatic heterocycles. The van der Waals surface area contributed by atoms with Crippen molar-refractivity contribution in [3.8, 4) is 0 Å². The van der Waals surface area contributed by atoms with Gasteiger partial charge in [0.05, 0.1) is 12.1 Å². The number of alkyl halides is 1. The second kappa shape index (κ2) is 4.68. The predicted octanol–water partition coefficient (Wildman–Crippen LogP) is 2.91. The molecule has 0 saturated carbocycles. The van der Waals surface area contributed by atoms with Crippen LogP contribution in [0.2, 0.25) is 0 Å². The van der Waals surface area contributed by atoms with Crippen LogP contribution in [-0.4, -0.2) is 30.1 Å². The molecule has 1 fully saturated rings. The lowest BCUT2D eigenvalue weighted by molar-refractivity contribution is 0.0777. The number of halogens is 4. The molecular formula is C11H9BrF3NO. The monoisotopic (exact) mass is 307 g/mol. The molecule has 1 aromatic carbocycles. The van der Waals surface area contributed by atoms with Crippen LogP contribution in [0, 0.1) is 11.6 Å². The Labute approximate surface area is 105 Å². The first kappa shape index (κ1) is 12.4. The summed E-state index contributed by atoms with van der Waals surface area (Å²) in [6, 6.07) is 2.14. The first-order chi connectivity index (χ1) is 7.99. The van der Waals surface area contributed by atoms with Gasteiger partial charge in [0.2, 0.25) is 0 Å². The number of carbonyl (C=O) groups is 1. The van der Waals surface area contributed by atoms with Gasteiger partial charge in [0.1, 0.15) is 6.17 Å². The van der Waals surface area contributed by atoms with Gasteiger partial charge in [-0.1, -0.05) is 15.9 Å². The quantitative estimate of drug-likeness (QED) is 0.731. The molecule has 0 aromatic heterocycles. The summed E-state index contributed by atoms with van der Waals surface area (Å²) in [6.45, 7) is 0.167. The van der Waals surface area contributed by atoms with E-state index in [4.69, 9.17) is 0 Å². The van der Waals surface area contributed by atoms with Gasteiger partial charge in [-0.3, -0.25) is 4.79 Å². The van der Waals surface area contributed by atoms with Gasteiger partial charge in [-0.2, -0.15) is 0 Å². The van der Waals surface area contributed by atoms with E-state index in [1.165, 1.54) is 11.0 Å². The van der Waals surface area contributed by atoms with E-state index in [1.54, 1.807) is 0 Å². The van der Waals surface area contributed by atoms with Crippen LogP contribution < -0.4 is 0 Å². The Bertz CT molecular complexity index is 466. The number of carbonyl (C=O) groups excluding carboxylic acids is 1. The van der Waals surface area contributed by atoms with Crippen molar-refractivity contribution in [2.45, 2.75) is 12.6 Å². The summed E-state index contributed by atoms with van der Waals surface area (Å²) >= 11 is 2.98. The number of likely N-dealkylation sites (tertiary alicyclic amines) is 1. The van der Waals surface area contributed by atoms with Gasteiger partial charge in [-0.25, -0.2) is 13.2 Å². The van der Waals surface area contributed by atoms with Crippen molar-refractivity contribution >= 4 is 21.8 Å². The van der Waals surface area contributed by atoms with Gasteiger partial charge in [0, 0.05) is 11.0 Å². The number of amides is 1. The molecule has 0 spiro atoms. The minimum absolute atomic E-state index is 0.0631. The van der Waals surface area contributed by atoms with Crippen molar-refractivity contribution in [2.24, 2.45) is 0 Å². The standard InChI is InChI=1S/C11H9BrF3NO/c12-6-3-8(10(15)9(14)4-6)11(17)16-2-1-7(13)5-16/h3-4,7H,1-2,5H2. The topological polar surface area (TPSA) is 20.3 Å². The third kappa shape index (κ3) is 2.46. The molecule has 0 radical (unpaired) electrons. The Morgan fingerprint density at radius 3 is 2.71 bits per heavy atom. The Hall–Kier alpha value is -1.04. The van der Waals surface area contributed by atoms with Gasteiger partial charge < -0.3 is 4.90 Å². The van der Waals surface area contributed by atoms with Gasteiger partial charge in [0.15, 0.2) is 11.6 Å². The van der Waals surface area contributed by atoms with Crippen LogP contribution >= 0.6 is 15.9 Å². The normalized spacial score (nSPS) is 19.8. The molecule has 1 atom stereocenters. The number of nitrogens with zero attached hydrogens (tertiary/aromatic N) is 1. The van der Waals surface area contributed by atoms with Crippen molar-refractivity contribution in [1.82, 2.24) is 4.90 Å². The molecule has 1 unspecified atom stereocenters. The van der Waals surface area contributed by atoms with Crippen LogP contribution in [0.5, 0.6) is 0 Å². The van der Waals surface area contributed by atoms with Gasteiger partial charge in [-0.05, 0) is 18.6 Å². The third-order valence-corrected chi connectivity index (χ3v) is 3.10. The molecule has 0 N–H and O–H groups in total. The minimum atomic E-state index is -1.19. The van der Waals surface area contributed by atoms with Crippen LogP contribution in [0.4, 0.5) is 13.2 Å². The molecule has 1 amide bonds. The molecule has 0 bridgehead atoms. The first-order valence-corrected chi connectivity index (χ1v) is 5.86. The van der Waals surface area contributed by atoms with E-state index < -0.39 is 23.7 Å². The van der Waals surface area contributed by atoms with Gasteiger partial charge in [0.25, 0.3) is 5.91 Å². The Morgan fingerprint density at radius 2 is 2.12 bits per heavy atom. The van der Waals surface area contributed by atoms with Crippen LogP contribution in [0.25, 0.3) is 0 Å². The summed E-state index contributed by atoms with van der Waals surface area (Å²) in [4.78, 5) is 13.0. The molecule has 1 aliphatic rings. The molecule has 2 nitrogen and oxygen atoms in total. The van der Waals surface area contributed by atoms with Crippen molar-refractivity contribution in [3.05, 3.63) is 33.8 Å². The fraction of sp³-hybridized carbons (Fsp3) is 0.364. The van der Waals surface area contributed by atoms with Crippen LogP contribution in [0.3, 0.4) is 0 Å². The molecule has 6 heteroatoms. The average Bonchev–Trinajstić information content (AvgIpc) is 2.69. The lowest BCUT2D eigenvalue weighted by Crippen LogP contribution is -2.29. The van der Waals surface area contributed by atoms with Crippen LogP contribution in [0.15, 0.2) is 16.6 Å². The van der Waals surface area contributed by atoms with Crippen LogP contribution in [0.1, 0.15) is 16.8 Å². The van der Waals surface area contributed by atoms with Crippen molar-refractivity contribution in [1.29, 1.82) is 0 Å². The highest BCUT2D eigenvalue weighted by atomic mass is 79.9. The lowest BCUT2D eigenvalue weighted by atomic mass is 10.2. The number of benzene rings is 1. The summed E-state index contributed by atoms with van der Waals surface area (Å²) < 4.78 is 39.8. The molecule has 2 rings (SSSR count). The maximum atomic E-state index is 13.4. The first-order valence-electron chi connectivity index (χ1n) is 5.07. The molecule has 92 valence electrons. The highest BCUT2D eigenvalue weighted by Crippen LogP contribution is 2.22. The summed E-state index contributed by atoms with van der Waals surface area (Å²) in [5.74, 6) is -2.97. The smallest absolute Gasteiger partial charge is 0.257 e. The van der Waals surface area contributed by atoms with Crippen LogP contribution in [-0.2, 0) is 0 Å². The summed E-state index contributed by atoms with van der Waals surface area (Å²) in [5.41, 5.74) is -0.369. The SMILES string of the molecule is O=C(c1cc(Br)cc(F)c1F)N1CCC(F)C1. The molecule has 1 saturated heterocycles. The minimum Gasteiger partial charge on any atom is -0.336 e. The molecule has 1 heterocycles. The van der Waals surface area contributed by atoms with E-state index in [-0.39, 0.29) is 29.5 Å². The highest BCUT2D eigenvalue weighted by molar-refractivity contribution is 9.10. The predicted molar refractivity (Wildman–Crippen MR) is 59.5 cm³/mol. The van der Waals surface area contributed by atoms with Crippen molar-refractivity contribution < 1.29 is 18.0 Å². The second-order valence-corrected chi connectivity index (χ2v) is 4.80. The molecule has 1 aromatic rings. The number of hydrogen-bond acceptors (Lipinski definition) is 1. The Kier molecular flexibility index (Phi) is 3.42. The summed E-state index contributed by atoms with van der Waals surface area (Å²) in [5, 5.41) is 0. The van der Waals surface area contributed by atoms with Crippen molar-refractivity contribution in [2.75, 3.05) is 13.1 Å². The fourth-order valence-electron chi connectivity index (χ4n) is 1.78. The van der Waals surface area contributed by atoms with E-state index in [9.17, 15) is 18.0 Å². The fourth-order valence-corrected chi connectivity index (χ4v) is 2.21. The van der Waals surface area contributed by atoms with E-state index >= 15 is 0 Å². The zero-order valence-electron chi connectivity index (χ0n) is 8.72. The zero-order chi connectivity index (χ0) is 12.6. The highest BCUT2D eigenvalue weighted by Gasteiger charge is 2.29. The Morgan fingerprint density at radius 1 is 1.41 bits per heavy atom. The van der Waals surface area contributed by atoms with E-state index in [0.717, 1.165) is 6.07 Å². The maximum Gasteiger partial charge on any atom is 0.257 e.